The molecule has 1 unspecified atom stereocenters. The molecule has 8 bridgehead atoms. The highest BCUT2D eigenvalue weighted by molar-refractivity contribution is 5.77. The molecule has 0 aromatic rings. The van der Waals surface area contributed by atoms with E-state index in [1.54, 1.807) is 7.11 Å². The predicted octanol–water partition coefficient (Wildman–Crippen LogP) is 5.30. The number of carbonyl (C=O) groups is 1. The predicted molar refractivity (Wildman–Crippen MR) is 120 cm³/mol. The van der Waals surface area contributed by atoms with Gasteiger partial charge in [0, 0.05) is 18.9 Å². The highest BCUT2D eigenvalue weighted by Gasteiger charge is 2.97. The van der Waals surface area contributed by atoms with E-state index in [4.69, 9.17) is 14.2 Å². The first kappa shape index (κ1) is 20.7. The maximum Gasteiger partial charge on any atom is 0.311 e. The molecule has 9 fully saturated rings. The maximum atomic E-state index is 13.1. The Hall–Kier alpha value is -0.610. The van der Waals surface area contributed by atoms with Crippen molar-refractivity contribution in [2.45, 2.75) is 85.0 Å². The zero-order valence-electron chi connectivity index (χ0n) is 21.1. The Morgan fingerprint density at radius 1 is 1.00 bits per heavy atom. The van der Waals surface area contributed by atoms with Crippen LogP contribution in [-0.4, -0.2) is 32.1 Å². The third-order valence-corrected chi connectivity index (χ3v) is 13.5. The summed E-state index contributed by atoms with van der Waals surface area (Å²) in [6.45, 7) is 12.2. The standard InChI is InChI=1S/C28H42O4/c1-14(2)28-15-13-17-24(3)10-8-11-25(4,23(29)31-7)16(24)9-12-27(17)20-18(15)26(20,5)19(21(27)28)22(30-6)32-28/h14-22H,8-13H2,1-7H3/t15-,16-,17-,18-,19-,20+,21-,22?,24+,25-,26+,27-,28+/m1/s1. The van der Waals surface area contributed by atoms with Crippen LogP contribution in [0.3, 0.4) is 0 Å². The van der Waals surface area contributed by atoms with E-state index in [1.165, 1.54) is 25.7 Å². The average molecular weight is 443 g/mol. The minimum absolute atomic E-state index is 0.00252. The highest BCUT2D eigenvalue weighted by Crippen LogP contribution is 2.97. The van der Waals surface area contributed by atoms with Gasteiger partial charge in [-0.15, -0.1) is 0 Å². The van der Waals surface area contributed by atoms with E-state index in [-0.39, 0.29) is 28.7 Å². The summed E-state index contributed by atoms with van der Waals surface area (Å²) in [5, 5.41) is 0. The van der Waals surface area contributed by atoms with E-state index in [9.17, 15) is 4.79 Å². The lowest BCUT2D eigenvalue weighted by molar-refractivity contribution is -0.289. The molecule has 1 spiro atoms. The molecular formula is C28H42O4. The Bertz CT molecular complexity index is 900. The lowest BCUT2D eigenvalue weighted by atomic mass is 9.32. The molecule has 32 heavy (non-hydrogen) atoms. The highest BCUT2D eigenvalue weighted by atomic mass is 16.7. The van der Waals surface area contributed by atoms with E-state index in [0.717, 1.165) is 24.7 Å². The SMILES string of the molecule is COC(=O)[C@]1(C)CCC[C@]2(C)[C@H]3C[C@@H]4[C@@H]5[C@H]6[C@]5(C)[C@H]5C(OC)O[C@]4(C(C)C)[C@H]5[C@]36CC[C@H]21. The number of esters is 1. The van der Waals surface area contributed by atoms with E-state index < -0.39 is 0 Å². The van der Waals surface area contributed by atoms with Crippen molar-refractivity contribution in [3.8, 4) is 0 Å². The van der Waals surface area contributed by atoms with Gasteiger partial charge in [0.2, 0.25) is 0 Å². The Balaban J connectivity index is 1.39. The fraction of sp³-hybridized carbons (Fsp3) is 0.964. The van der Waals surface area contributed by atoms with Gasteiger partial charge >= 0.3 is 5.97 Å². The number of rotatable bonds is 3. The van der Waals surface area contributed by atoms with Gasteiger partial charge in [-0.05, 0) is 90.8 Å². The van der Waals surface area contributed by atoms with E-state index in [1.807, 2.05) is 7.11 Å². The zero-order valence-corrected chi connectivity index (χ0v) is 21.1. The second-order valence-corrected chi connectivity index (χ2v) is 14.0. The van der Waals surface area contributed by atoms with Crippen molar-refractivity contribution in [2.24, 2.45) is 69.0 Å². The van der Waals surface area contributed by atoms with Crippen LogP contribution in [0.2, 0.25) is 0 Å². The van der Waals surface area contributed by atoms with Crippen LogP contribution in [0.4, 0.5) is 0 Å². The minimum Gasteiger partial charge on any atom is -0.469 e. The third kappa shape index (κ3) is 1.69. The molecule has 0 N–H and O–H groups in total. The maximum absolute atomic E-state index is 13.1. The summed E-state index contributed by atoms with van der Waals surface area (Å²) >= 11 is 0. The first-order valence-electron chi connectivity index (χ1n) is 13.4. The number of carbonyl (C=O) groups excluding carboxylic acids is 1. The van der Waals surface area contributed by atoms with Gasteiger partial charge in [-0.25, -0.2) is 0 Å². The smallest absolute Gasteiger partial charge is 0.311 e. The molecule has 1 saturated heterocycles. The molecule has 13 atom stereocenters. The molecule has 1 heterocycles. The molecule has 0 radical (unpaired) electrons. The molecule has 1 aliphatic heterocycles. The Morgan fingerprint density at radius 2 is 1.75 bits per heavy atom. The fourth-order valence-corrected chi connectivity index (χ4v) is 13.1. The summed E-state index contributed by atoms with van der Waals surface area (Å²) < 4.78 is 18.5. The normalized spacial score (nSPS) is 65.0. The van der Waals surface area contributed by atoms with Crippen molar-refractivity contribution in [3.05, 3.63) is 0 Å². The van der Waals surface area contributed by atoms with Crippen LogP contribution >= 0.6 is 0 Å². The summed E-state index contributed by atoms with van der Waals surface area (Å²) in [5.74, 6) is 5.25. The van der Waals surface area contributed by atoms with Gasteiger partial charge in [-0.3, -0.25) is 4.79 Å². The molecule has 178 valence electrons. The summed E-state index contributed by atoms with van der Waals surface area (Å²) in [7, 11) is 3.46. The van der Waals surface area contributed by atoms with Gasteiger partial charge < -0.3 is 14.2 Å². The largest absolute Gasteiger partial charge is 0.469 e. The second-order valence-electron chi connectivity index (χ2n) is 14.0. The summed E-state index contributed by atoms with van der Waals surface area (Å²) in [5.41, 5.74) is 0.702. The van der Waals surface area contributed by atoms with Crippen molar-refractivity contribution in [2.75, 3.05) is 14.2 Å². The van der Waals surface area contributed by atoms with E-state index in [0.29, 0.717) is 46.3 Å². The molecule has 9 rings (SSSR count). The van der Waals surface area contributed by atoms with Crippen molar-refractivity contribution < 1.29 is 19.0 Å². The number of methoxy groups -OCH3 is 2. The fourth-order valence-electron chi connectivity index (χ4n) is 13.1. The summed E-state index contributed by atoms with van der Waals surface area (Å²) in [6, 6.07) is 0. The van der Waals surface area contributed by atoms with Crippen LogP contribution in [0.25, 0.3) is 0 Å². The molecule has 4 heteroatoms. The first-order chi connectivity index (χ1) is 15.1. The van der Waals surface area contributed by atoms with Crippen molar-refractivity contribution >= 4 is 5.97 Å². The van der Waals surface area contributed by atoms with Gasteiger partial charge in [-0.1, -0.05) is 34.1 Å². The Kier molecular flexibility index (Phi) is 3.64. The number of hydrogen-bond acceptors (Lipinski definition) is 4. The minimum atomic E-state index is -0.323. The Morgan fingerprint density at radius 3 is 2.41 bits per heavy atom. The molecule has 0 amide bonds. The lowest BCUT2D eigenvalue weighted by Crippen LogP contribution is -2.71. The monoisotopic (exact) mass is 442 g/mol. The van der Waals surface area contributed by atoms with Crippen LogP contribution in [0.15, 0.2) is 0 Å². The summed E-state index contributed by atoms with van der Waals surface area (Å²) in [4.78, 5) is 13.1. The van der Waals surface area contributed by atoms with Crippen LogP contribution < -0.4 is 0 Å². The number of hydrogen-bond donors (Lipinski definition) is 0. The summed E-state index contributed by atoms with van der Waals surface area (Å²) in [6.07, 6.45) is 7.16. The molecular weight excluding hydrogens is 400 g/mol. The quantitative estimate of drug-likeness (QED) is 0.557. The molecule has 8 saturated carbocycles. The van der Waals surface area contributed by atoms with E-state index in [2.05, 4.69) is 34.6 Å². The number of fused-ring (bicyclic) bond motifs is 1. The Labute approximate surface area is 193 Å². The second kappa shape index (κ2) is 5.61. The topological polar surface area (TPSA) is 44.8 Å². The van der Waals surface area contributed by atoms with E-state index >= 15 is 0 Å². The van der Waals surface area contributed by atoms with Crippen molar-refractivity contribution in [1.82, 2.24) is 0 Å². The number of ether oxygens (including phenoxy) is 3. The van der Waals surface area contributed by atoms with Crippen LogP contribution in [-0.2, 0) is 19.0 Å². The van der Waals surface area contributed by atoms with Crippen LogP contribution in [0, 0.1) is 69.0 Å². The van der Waals surface area contributed by atoms with Gasteiger partial charge in [0.05, 0.1) is 18.1 Å². The van der Waals surface area contributed by atoms with Gasteiger partial charge in [0.1, 0.15) is 0 Å². The molecule has 8 aliphatic carbocycles. The first-order valence-corrected chi connectivity index (χ1v) is 13.4. The van der Waals surface area contributed by atoms with Crippen molar-refractivity contribution in [3.63, 3.8) is 0 Å². The van der Waals surface area contributed by atoms with Gasteiger partial charge in [0.15, 0.2) is 6.29 Å². The van der Waals surface area contributed by atoms with Crippen LogP contribution in [0.5, 0.6) is 0 Å². The van der Waals surface area contributed by atoms with Crippen LogP contribution in [0.1, 0.15) is 73.1 Å². The zero-order chi connectivity index (χ0) is 22.6. The lowest BCUT2D eigenvalue weighted by Gasteiger charge is -2.72. The molecule has 0 aromatic heterocycles. The molecule has 9 aliphatic rings. The van der Waals surface area contributed by atoms with Gasteiger partial charge in [0.25, 0.3) is 0 Å². The molecule has 0 aromatic carbocycles. The third-order valence-electron chi connectivity index (χ3n) is 13.5. The average Bonchev–Trinajstić information content (AvgIpc) is 3.17. The van der Waals surface area contributed by atoms with Crippen molar-refractivity contribution in [1.29, 1.82) is 0 Å². The van der Waals surface area contributed by atoms with Gasteiger partial charge in [-0.2, -0.15) is 0 Å². The molecule has 4 nitrogen and oxygen atoms in total.